The summed E-state index contributed by atoms with van der Waals surface area (Å²) < 4.78 is 0. The second kappa shape index (κ2) is 10.6. The van der Waals surface area contributed by atoms with Gasteiger partial charge in [0.05, 0.1) is 0 Å². The number of aromatic nitrogens is 1. The van der Waals surface area contributed by atoms with E-state index in [9.17, 15) is 0 Å². The molecular formula is C11H16N2. The smallest absolute Gasteiger partial charge is 0.0267 e. The first-order chi connectivity index (χ1) is 6.41. The van der Waals surface area contributed by atoms with Gasteiger partial charge in [0.15, 0.2) is 0 Å². The second-order valence-electron chi connectivity index (χ2n) is 2.26. The van der Waals surface area contributed by atoms with E-state index in [1.807, 2.05) is 30.4 Å². The molecule has 0 unspecified atom stereocenters. The van der Waals surface area contributed by atoms with Crippen molar-refractivity contribution in [3.8, 4) is 0 Å². The number of nitrogens with zero attached hydrogens (tertiary/aromatic N) is 1. The van der Waals surface area contributed by atoms with Crippen LogP contribution in [0.3, 0.4) is 0 Å². The van der Waals surface area contributed by atoms with Gasteiger partial charge in [0.2, 0.25) is 0 Å². The molecular weight excluding hydrogens is 160 g/mol. The molecule has 2 heteroatoms. The molecule has 0 atom stereocenters. The summed E-state index contributed by atoms with van der Waals surface area (Å²) in [6.45, 7) is 8.81. The molecule has 1 N–H and O–H groups in total. The maximum absolute atomic E-state index is 3.78. The van der Waals surface area contributed by atoms with Crippen molar-refractivity contribution in [2.75, 3.05) is 13.1 Å². The Hall–Kier alpha value is -1.41. The van der Waals surface area contributed by atoms with E-state index >= 15 is 0 Å². The Bertz CT molecular complexity index is 172. The van der Waals surface area contributed by atoms with E-state index in [-0.39, 0.29) is 0 Å². The van der Waals surface area contributed by atoms with Gasteiger partial charge in [0, 0.05) is 25.5 Å². The van der Waals surface area contributed by atoms with Crippen molar-refractivity contribution in [3.05, 3.63) is 55.9 Å². The van der Waals surface area contributed by atoms with Crippen LogP contribution in [0.1, 0.15) is 0 Å². The van der Waals surface area contributed by atoms with Crippen molar-refractivity contribution in [2.24, 2.45) is 0 Å². The molecule has 13 heavy (non-hydrogen) atoms. The molecule has 0 saturated carbocycles. The number of hydrogen-bond donors (Lipinski definition) is 1. The lowest BCUT2D eigenvalue weighted by atomic mass is 10.5. The zero-order chi connectivity index (χ0) is 9.78. The van der Waals surface area contributed by atoms with Crippen molar-refractivity contribution in [2.45, 2.75) is 0 Å². The third kappa shape index (κ3) is 10.6. The zero-order valence-electron chi connectivity index (χ0n) is 7.82. The van der Waals surface area contributed by atoms with Crippen LogP contribution in [0, 0.1) is 0 Å². The van der Waals surface area contributed by atoms with Gasteiger partial charge < -0.3 is 5.32 Å². The lowest BCUT2D eigenvalue weighted by Crippen LogP contribution is -2.11. The van der Waals surface area contributed by atoms with Gasteiger partial charge in [-0.25, -0.2) is 0 Å². The molecule has 0 spiro atoms. The summed E-state index contributed by atoms with van der Waals surface area (Å²) in [5.74, 6) is 0. The third-order valence-corrected chi connectivity index (χ3v) is 1.14. The van der Waals surface area contributed by atoms with E-state index < -0.39 is 0 Å². The molecule has 0 bridgehead atoms. The monoisotopic (exact) mass is 176 g/mol. The first-order valence-corrected chi connectivity index (χ1v) is 4.19. The predicted octanol–water partition coefficient (Wildman–Crippen LogP) is 2.03. The number of pyridine rings is 1. The lowest BCUT2D eigenvalue weighted by molar-refractivity contribution is 0.845. The third-order valence-electron chi connectivity index (χ3n) is 1.14. The summed E-state index contributed by atoms with van der Waals surface area (Å²) in [5.41, 5.74) is 0. The molecule has 1 rings (SSSR count). The van der Waals surface area contributed by atoms with Crippen molar-refractivity contribution >= 4 is 0 Å². The quantitative estimate of drug-likeness (QED) is 0.561. The van der Waals surface area contributed by atoms with Gasteiger partial charge >= 0.3 is 0 Å². The highest BCUT2D eigenvalue weighted by molar-refractivity contribution is 4.88. The standard InChI is InChI=1S/C6H11N.C5H5N/c1-3-5-7-6-4-2;1-2-4-6-5-3-1/h3-4,7H,1-2,5-6H2;1-5H. The first-order valence-electron chi connectivity index (χ1n) is 4.19. The van der Waals surface area contributed by atoms with Crippen LogP contribution < -0.4 is 5.32 Å². The minimum Gasteiger partial charge on any atom is -0.310 e. The van der Waals surface area contributed by atoms with Crippen molar-refractivity contribution in [3.63, 3.8) is 0 Å². The largest absolute Gasteiger partial charge is 0.310 e. The minimum absolute atomic E-state index is 0.867. The summed E-state index contributed by atoms with van der Waals surface area (Å²) in [6.07, 6.45) is 7.15. The average molecular weight is 176 g/mol. The van der Waals surface area contributed by atoms with Crippen LogP contribution in [-0.4, -0.2) is 18.1 Å². The van der Waals surface area contributed by atoms with Crippen molar-refractivity contribution < 1.29 is 0 Å². The highest BCUT2D eigenvalue weighted by atomic mass is 14.8. The molecule has 0 amide bonds. The number of hydrogen-bond acceptors (Lipinski definition) is 2. The summed E-state index contributed by atoms with van der Waals surface area (Å²) >= 11 is 0. The van der Waals surface area contributed by atoms with E-state index in [1.165, 1.54) is 0 Å². The van der Waals surface area contributed by atoms with E-state index in [4.69, 9.17) is 0 Å². The van der Waals surface area contributed by atoms with Crippen LogP contribution >= 0.6 is 0 Å². The van der Waals surface area contributed by atoms with Gasteiger partial charge in [-0.2, -0.15) is 0 Å². The van der Waals surface area contributed by atoms with Crippen LogP contribution in [-0.2, 0) is 0 Å². The average Bonchev–Trinajstić information content (AvgIpc) is 2.22. The Morgan fingerprint density at radius 3 is 1.77 bits per heavy atom. The van der Waals surface area contributed by atoms with Crippen molar-refractivity contribution in [1.29, 1.82) is 0 Å². The Labute approximate surface area is 80.0 Å². The van der Waals surface area contributed by atoms with Crippen LogP contribution in [0.25, 0.3) is 0 Å². The van der Waals surface area contributed by atoms with E-state index in [0.717, 1.165) is 13.1 Å². The first kappa shape index (κ1) is 11.6. The van der Waals surface area contributed by atoms with Crippen LogP contribution in [0.4, 0.5) is 0 Å². The summed E-state index contributed by atoms with van der Waals surface area (Å²) in [6, 6.07) is 5.72. The molecule has 0 aromatic carbocycles. The fourth-order valence-electron chi connectivity index (χ4n) is 0.600. The molecule has 0 aliphatic carbocycles. The molecule has 0 radical (unpaired) electrons. The molecule has 1 heterocycles. The number of nitrogens with one attached hydrogen (secondary N) is 1. The molecule has 1 aromatic heterocycles. The summed E-state index contributed by atoms with van der Waals surface area (Å²) in [4.78, 5) is 3.78. The molecule has 0 aliphatic heterocycles. The van der Waals surface area contributed by atoms with E-state index in [0.29, 0.717) is 0 Å². The maximum Gasteiger partial charge on any atom is 0.0267 e. The van der Waals surface area contributed by atoms with Crippen LogP contribution in [0.5, 0.6) is 0 Å². The fourth-order valence-corrected chi connectivity index (χ4v) is 0.600. The minimum atomic E-state index is 0.867. The Kier molecular flexibility index (Phi) is 9.44. The highest BCUT2D eigenvalue weighted by Gasteiger charge is 1.69. The Morgan fingerprint density at radius 2 is 1.54 bits per heavy atom. The van der Waals surface area contributed by atoms with E-state index in [1.54, 1.807) is 12.4 Å². The van der Waals surface area contributed by atoms with E-state index in [2.05, 4.69) is 23.5 Å². The summed E-state index contributed by atoms with van der Waals surface area (Å²) in [7, 11) is 0. The van der Waals surface area contributed by atoms with Gasteiger partial charge in [-0.05, 0) is 12.1 Å². The summed E-state index contributed by atoms with van der Waals surface area (Å²) in [5, 5.41) is 3.05. The molecule has 70 valence electrons. The predicted molar refractivity (Wildman–Crippen MR) is 57.5 cm³/mol. The maximum atomic E-state index is 3.78. The van der Waals surface area contributed by atoms with Gasteiger partial charge in [-0.1, -0.05) is 18.2 Å². The van der Waals surface area contributed by atoms with Gasteiger partial charge in [-0.3, -0.25) is 4.98 Å². The van der Waals surface area contributed by atoms with Gasteiger partial charge in [-0.15, -0.1) is 13.2 Å². The SMILES string of the molecule is C=CCNCC=C.c1ccncc1. The topological polar surface area (TPSA) is 24.9 Å². The highest BCUT2D eigenvalue weighted by Crippen LogP contribution is 1.73. The fraction of sp³-hybridized carbons (Fsp3) is 0.182. The van der Waals surface area contributed by atoms with Gasteiger partial charge in [0.1, 0.15) is 0 Å². The molecule has 1 aromatic rings. The Balaban J connectivity index is 0.000000223. The number of rotatable bonds is 4. The normalized spacial score (nSPS) is 8.00. The van der Waals surface area contributed by atoms with Gasteiger partial charge in [0.25, 0.3) is 0 Å². The molecule has 0 aliphatic rings. The van der Waals surface area contributed by atoms with Crippen LogP contribution in [0.15, 0.2) is 55.9 Å². The zero-order valence-corrected chi connectivity index (χ0v) is 7.82. The second-order valence-corrected chi connectivity index (χ2v) is 2.26. The lowest BCUT2D eigenvalue weighted by Gasteiger charge is -1.90. The Morgan fingerprint density at radius 1 is 1.00 bits per heavy atom. The molecule has 2 nitrogen and oxygen atoms in total. The molecule has 0 saturated heterocycles. The molecule has 0 fully saturated rings. The van der Waals surface area contributed by atoms with Crippen LogP contribution in [0.2, 0.25) is 0 Å². The van der Waals surface area contributed by atoms with Crippen molar-refractivity contribution in [1.82, 2.24) is 10.3 Å².